The maximum atomic E-state index is 12.2. The first kappa shape index (κ1) is 20.7. The second kappa shape index (κ2) is 11.2. The van der Waals surface area contributed by atoms with Crippen LogP contribution in [0.5, 0.6) is 0 Å². The van der Waals surface area contributed by atoms with Crippen molar-refractivity contribution in [1.29, 1.82) is 0 Å². The van der Waals surface area contributed by atoms with Crippen LogP contribution < -0.4 is 0 Å². The summed E-state index contributed by atoms with van der Waals surface area (Å²) < 4.78 is 5.13. The molecule has 1 amide bonds. The highest BCUT2D eigenvalue weighted by Gasteiger charge is 2.23. The number of carbonyl (C=O) groups excluding carboxylic acids is 1. The summed E-state index contributed by atoms with van der Waals surface area (Å²) in [6, 6.07) is 8.05. The van der Waals surface area contributed by atoms with Crippen LogP contribution in [0, 0.1) is 5.92 Å². The molecule has 0 bridgehead atoms. The number of likely N-dealkylation sites (tertiary alicyclic amines) is 1. The van der Waals surface area contributed by atoms with E-state index in [0.29, 0.717) is 11.8 Å². The smallest absolute Gasteiger partial charge is 0.253 e. The lowest BCUT2D eigenvalue weighted by molar-refractivity contribution is 0.0788. The molecule has 3 heteroatoms. The van der Waals surface area contributed by atoms with Crippen LogP contribution in [0.2, 0.25) is 0 Å². The Bertz CT molecular complexity index is 463. The fourth-order valence-corrected chi connectivity index (χ4v) is 2.70. The van der Waals surface area contributed by atoms with Crippen LogP contribution in [0.4, 0.5) is 0 Å². The van der Waals surface area contributed by atoms with Crippen molar-refractivity contribution in [1.82, 2.24) is 4.90 Å². The fourth-order valence-electron chi connectivity index (χ4n) is 2.70. The van der Waals surface area contributed by atoms with Gasteiger partial charge in [-0.1, -0.05) is 46.8 Å². The summed E-state index contributed by atoms with van der Waals surface area (Å²) >= 11 is 0. The van der Waals surface area contributed by atoms with Crippen LogP contribution in [0.25, 0.3) is 0 Å². The Hall–Kier alpha value is -1.35. The van der Waals surface area contributed by atoms with Gasteiger partial charge in [0.2, 0.25) is 0 Å². The minimum Gasteiger partial charge on any atom is -0.381 e. The first-order valence-electron chi connectivity index (χ1n) is 9.46. The Labute approximate surface area is 148 Å². The molecule has 0 N–H and O–H groups in total. The molecular weight excluding hydrogens is 298 g/mol. The van der Waals surface area contributed by atoms with E-state index in [4.69, 9.17) is 4.74 Å². The Kier molecular flexibility index (Phi) is 9.70. The van der Waals surface area contributed by atoms with Crippen molar-refractivity contribution in [2.45, 2.75) is 59.8 Å². The monoisotopic (exact) mass is 333 g/mol. The summed E-state index contributed by atoms with van der Waals surface area (Å²) in [5.41, 5.74) is 2.11. The van der Waals surface area contributed by atoms with Gasteiger partial charge in [-0.25, -0.2) is 0 Å². The van der Waals surface area contributed by atoms with Crippen molar-refractivity contribution in [3.63, 3.8) is 0 Å². The van der Waals surface area contributed by atoms with Gasteiger partial charge in [0.15, 0.2) is 0 Å². The molecule has 1 aliphatic rings. The SMILES string of the molecule is CC1CCN(C(=O)c2ccc(C(C)C)cc2)C1.CCCOCCC. The second-order valence-corrected chi connectivity index (χ2v) is 7.03. The number of hydrogen-bond acceptors (Lipinski definition) is 2. The van der Waals surface area contributed by atoms with E-state index in [1.165, 1.54) is 5.56 Å². The van der Waals surface area contributed by atoms with E-state index in [1.54, 1.807) is 0 Å². The lowest BCUT2D eigenvalue weighted by Gasteiger charge is -2.16. The highest BCUT2D eigenvalue weighted by Crippen LogP contribution is 2.19. The van der Waals surface area contributed by atoms with Crippen LogP contribution in [0.1, 0.15) is 75.7 Å². The van der Waals surface area contributed by atoms with E-state index in [2.05, 4.69) is 46.8 Å². The topological polar surface area (TPSA) is 29.5 Å². The Balaban J connectivity index is 0.000000351. The zero-order valence-corrected chi connectivity index (χ0v) is 16.2. The molecule has 24 heavy (non-hydrogen) atoms. The van der Waals surface area contributed by atoms with Gasteiger partial charge in [-0.2, -0.15) is 0 Å². The van der Waals surface area contributed by atoms with Gasteiger partial charge in [0.05, 0.1) is 0 Å². The molecule has 1 heterocycles. The third kappa shape index (κ3) is 7.04. The molecule has 0 saturated carbocycles. The quantitative estimate of drug-likeness (QED) is 0.677. The van der Waals surface area contributed by atoms with Gasteiger partial charge < -0.3 is 9.64 Å². The molecule has 0 radical (unpaired) electrons. The molecule has 2 rings (SSSR count). The molecule has 1 aromatic carbocycles. The highest BCUT2D eigenvalue weighted by molar-refractivity contribution is 5.94. The number of ether oxygens (including phenoxy) is 1. The molecule has 1 fully saturated rings. The fraction of sp³-hybridized carbons (Fsp3) is 0.667. The summed E-state index contributed by atoms with van der Waals surface area (Å²) in [6.45, 7) is 14.4. The van der Waals surface area contributed by atoms with Crippen molar-refractivity contribution < 1.29 is 9.53 Å². The Morgan fingerprint density at radius 2 is 1.75 bits per heavy atom. The highest BCUT2D eigenvalue weighted by atomic mass is 16.5. The molecule has 1 unspecified atom stereocenters. The third-order valence-electron chi connectivity index (χ3n) is 4.23. The first-order chi connectivity index (χ1) is 11.5. The van der Waals surface area contributed by atoms with E-state index < -0.39 is 0 Å². The van der Waals surface area contributed by atoms with Gasteiger partial charge in [0, 0.05) is 31.9 Å². The average Bonchev–Trinajstić information content (AvgIpc) is 3.02. The number of carbonyl (C=O) groups is 1. The van der Waals surface area contributed by atoms with Crippen molar-refractivity contribution in [3.05, 3.63) is 35.4 Å². The number of hydrogen-bond donors (Lipinski definition) is 0. The van der Waals surface area contributed by atoms with Crippen LogP contribution in [0.15, 0.2) is 24.3 Å². The Morgan fingerprint density at radius 1 is 1.17 bits per heavy atom. The van der Waals surface area contributed by atoms with Crippen molar-refractivity contribution in [2.75, 3.05) is 26.3 Å². The molecule has 3 nitrogen and oxygen atoms in total. The maximum Gasteiger partial charge on any atom is 0.253 e. The molecule has 1 aliphatic heterocycles. The maximum absolute atomic E-state index is 12.2. The third-order valence-corrected chi connectivity index (χ3v) is 4.23. The number of rotatable bonds is 6. The molecule has 0 aromatic heterocycles. The van der Waals surface area contributed by atoms with Crippen LogP contribution in [-0.4, -0.2) is 37.1 Å². The number of amides is 1. The summed E-state index contributed by atoms with van der Waals surface area (Å²) in [5, 5.41) is 0. The van der Waals surface area contributed by atoms with Crippen LogP contribution in [0.3, 0.4) is 0 Å². The van der Waals surface area contributed by atoms with Gasteiger partial charge in [0.1, 0.15) is 0 Å². The predicted octanol–water partition coefficient (Wildman–Crippen LogP) is 5.12. The summed E-state index contributed by atoms with van der Waals surface area (Å²) in [5.74, 6) is 1.35. The predicted molar refractivity (Wildman–Crippen MR) is 102 cm³/mol. The van der Waals surface area contributed by atoms with E-state index in [0.717, 1.165) is 51.1 Å². The zero-order valence-electron chi connectivity index (χ0n) is 16.2. The molecule has 136 valence electrons. The van der Waals surface area contributed by atoms with E-state index in [1.807, 2.05) is 17.0 Å². The van der Waals surface area contributed by atoms with E-state index >= 15 is 0 Å². The van der Waals surface area contributed by atoms with Crippen molar-refractivity contribution in [3.8, 4) is 0 Å². The van der Waals surface area contributed by atoms with E-state index in [-0.39, 0.29) is 5.91 Å². The molecule has 1 aromatic rings. The Morgan fingerprint density at radius 3 is 2.17 bits per heavy atom. The number of nitrogens with zero attached hydrogens (tertiary/aromatic N) is 1. The van der Waals surface area contributed by atoms with Gasteiger partial charge in [0.25, 0.3) is 5.91 Å². The van der Waals surface area contributed by atoms with Crippen molar-refractivity contribution >= 4 is 5.91 Å². The van der Waals surface area contributed by atoms with Gasteiger partial charge in [-0.3, -0.25) is 4.79 Å². The minimum atomic E-state index is 0.185. The summed E-state index contributed by atoms with van der Waals surface area (Å²) in [7, 11) is 0. The van der Waals surface area contributed by atoms with Crippen molar-refractivity contribution in [2.24, 2.45) is 5.92 Å². The average molecular weight is 334 g/mol. The second-order valence-electron chi connectivity index (χ2n) is 7.03. The normalized spacial score (nSPS) is 16.9. The molecule has 0 spiro atoms. The summed E-state index contributed by atoms with van der Waals surface area (Å²) in [4.78, 5) is 14.2. The first-order valence-corrected chi connectivity index (χ1v) is 9.46. The van der Waals surface area contributed by atoms with Crippen LogP contribution >= 0.6 is 0 Å². The zero-order chi connectivity index (χ0) is 17.9. The van der Waals surface area contributed by atoms with Gasteiger partial charge >= 0.3 is 0 Å². The molecule has 0 aliphatic carbocycles. The number of benzene rings is 1. The van der Waals surface area contributed by atoms with Gasteiger partial charge in [-0.15, -0.1) is 0 Å². The lowest BCUT2D eigenvalue weighted by atomic mass is 10.0. The minimum absolute atomic E-state index is 0.185. The molecule has 1 saturated heterocycles. The molecular formula is C21H35NO2. The standard InChI is InChI=1S/C15H21NO.C6H14O/c1-11(2)13-4-6-14(7-5-13)15(17)16-9-8-12(3)10-16;1-3-5-7-6-4-2/h4-7,11-12H,8-10H2,1-3H3;3-6H2,1-2H3. The molecule has 1 atom stereocenters. The van der Waals surface area contributed by atoms with Gasteiger partial charge in [-0.05, 0) is 48.8 Å². The lowest BCUT2D eigenvalue weighted by Crippen LogP contribution is -2.28. The van der Waals surface area contributed by atoms with Crippen LogP contribution in [-0.2, 0) is 4.74 Å². The largest absolute Gasteiger partial charge is 0.381 e. The summed E-state index contributed by atoms with van der Waals surface area (Å²) in [6.07, 6.45) is 3.41. The van der Waals surface area contributed by atoms with E-state index in [9.17, 15) is 4.79 Å².